The minimum atomic E-state index is -0.248. The van der Waals surface area contributed by atoms with Crippen LogP contribution in [0.5, 0.6) is 0 Å². The van der Waals surface area contributed by atoms with Crippen molar-refractivity contribution in [3.05, 3.63) is 0 Å². The quantitative estimate of drug-likeness (QED) is 0.297. The number of rotatable bonds is 6. The number of unbranched alkanes of at least 4 members (excludes halogenated alkanes) is 1. The lowest BCUT2D eigenvalue weighted by Crippen LogP contribution is -2.23. The van der Waals surface area contributed by atoms with Crippen molar-refractivity contribution in [1.82, 2.24) is 0 Å². The smallest absolute Gasteiger partial charge is 0.220 e. The van der Waals surface area contributed by atoms with Crippen molar-refractivity contribution in [3.63, 3.8) is 0 Å². The molecule has 0 aromatic rings. The Morgan fingerprint density at radius 1 is 1.31 bits per heavy atom. The van der Waals surface area contributed by atoms with Crippen molar-refractivity contribution in [2.75, 3.05) is 6.54 Å². The molecule has 76 valence electrons. The number of carbonyl (C=O) groups excluding carboxylic acids is 1. The van der Waals surface area contributed by atoms with E-state index in [0.29, 0.717) is 6.54 Å². The largest absolute Gasteiger partial charge is 0.370 e. The molecule has 0 radical (unpaired) electrons. The molecule has 0 rings (SSSR count). The highest BCUT2D eigenvalue weighted by Gasteiger charge is 2.06. The van der Waals surface area contributed by atoms with E-state index in [1.165, 1.54) is 0 Å². The van der Waals surface area contributed by atoms with Crippen LogP contribution in [0.2, 0.25) is 0 Å². The number of primary amides is 1. The number of guanidine groups is 1. The third-order valence-electron chi connectivity index (χ3n) is 1.83. The molecule has 1 amide bonds. The van der Waals surface area contributed by atoms with Gasteiger partial charge in [0.05, 0.1) is 0 Å². The van der Waals surface area contributed by atoms with E-state index in [2.05, 4.69) is 4.99 Å². The second kappa shape index (κ2) is 6.28. The number of amides is 1. The van der Waals surface area contributed by atoms with Crippen molar-refractivity contribution in [2.45, 2.75) is 26.2 Å². The van der Waals surface area contributed by atoms with Crippen LogP contribution >= 0.6 is 0 Å². The first kappa shape index (κ1) is 11.7. The fourth-order valence-electron chi connectivity index (χ4n) is 0.913. The monoisotopic (exact) mass is 186 g/mol. The summed E-state index contributed by atoms with van der Waals surface area (Å²) < 4.78 is 0. The zero-order chi connectivity index (χ0) is 10.3. The van der Waals surface area contributed by atoms with Gasteiger partial charge in [-0.15, -0.1) is 0 Å². The lowest BCUT2D eigenvalue weighted by atomic mass is 10.0. The summed E-state index contributed by atoms with van der Waals surface area (Å²) in [6, 6.07) is 0. The topological polar surface area (TPSA) is 107 Å². The van der Waals surface area contributed by atoms with E-state index < -0.39 is 0 Å². The van der Waals surface area contributed by atoms with Crippen molar-refractivity contribution in [2.24, 2.45) is 28.1 Å². The minimum absolute atomic E-state index is 0.0563. The van der Waals surface area contributed by atoms with Gasteiger partial charge in [-0.3, -0.25) is 9.79 Å². The number of nitrogens with zero attached hydrogens (tertiary/aromatic N) is 1. The van der Waals surface area contributed by atoms with E-state index in [1.807, 2.05) is 6.92 Å². The van der Waals surface area contributed by atoms with Gasteiger partial charge in [-0.2, -0.15) is 0 Å². The van der Waals surface area contributed by atoms with E-state index in [-0.39, 0.29) is 17.8 Å². The molecule has 1 atom stereocenters. The molecule has 0 spiro atoms. The summed E-state index contributed by atoms with van der Waals surface area (Å²) in [6.07, 6.45) is 2.60. The van der Waals surface area contributed by atoms with E-state index in [4.69, 9.17) is 17.2 Å². The summed E-state index contributed by atoms with van der Waals surface area (Å²) in [5, 5.41) is 0. The number of hydrogen-bond donors (Lipinski definition) is 3. The van der Waals surface area contributed by atoms with Crippen LogP contribution in [-0.4, -0.2) is 18.4 Å². The molecule has 0 aromatic heterocycles. The molecule has 0 aromatic carbocycles. The van der Waals surface area contributed by atoms with Gasteiger partial charge in [0.1, 0.15) is 0 Å². The summed E-state index contributed by atoms with van der Waals surface area (Å²) in [5.41, 5.74) is 15.4. The van der Waals surface area contributed by atoms with Crippen molar-refractivity contribution >= 4 is 11.9 Å². The van der Waals surface area contributed by atoms with Crippen molar-refractivity contribution in [3.8, 4) is 0 Å². The second-order valence-corrected chi connectivity index (χ2v) is 3.11. The van der Waals surface area contributed by atoms with Crippen LogP contribution in [0.25, 0.3) is 0 Å². The first-order chi connectivity index (χ1) is 6.04. The van der Waals surface area contributed by atoms with Gasteiger partial charge in [0.15, 0.2) is 5.96 Å². The highest BCUT2D eigenvalue weighted by Crippen LogP contribution is 2.06. The van der Waals surface area contributed by atoms with Gasteiger partial charge >= 0.3 is 0 Å². The van der Waals surface area contributed by atoms with Gasteiger partial charge in [-0.05, 0) is 12.8 Å². The Labute approximate surface area is 78.4 Å². The Hall–Kier alpha value is -1.26. The van der Waals surface area contributed by atoms with Crippen molar-refractivity contribution in [1.29, 1.82) is 0 Å². The van der Waals surface area contributed by atoms with E-state index in [1.54, 1.807) is 0 Å². The summed E-state index contributed by atoms with van der Waals surface area (Å²) in [4.78, 5) is 14.4. The molecule has 0 aliphatic rings. The first-order valence-electron chi connectivity index (χ1n) is 4.38. The summed E-state index contributed by atoms with van der Waals surface area (Å²) in [7, 11) is 0. The number of carbonyl (C=O) groups is 1. The van der Waals surface area contributed by atoms with E-state index in [9.17, 15) is 4.79 Å². The lowest BCUT2D eigenvalue weighted by molar-refractivity contribution is -0.121. The standard InChI is InChI=1S/C8H18N4O/c1-6(7(9)13)4-2-3-5-12-8(10)11/h6H,2-5H2,1H3,(H2,9,13)(H4,10,11,12)/t6-/m0/s1. The Balaban J connectivity index is 3.36. The van der Waals surface area contributed by atoms with E-state index >= 15 is 0 Å². The molecule has 5 heteroatoms. The van der Waals surface area contributed by atoms with Crippen LogP contribution in [0.15, 0.2) is 4.99 Å². The number of aliphatic imine (C=N–C) groups is 1. The molecule has 0 heterocycles. The highest BCUT2D eigenvalue weighted by molar-refractivity contribution is 5.76. The van der Waals surface area contributed by atoms with E-state index in [0.717, 1.165) is 19.3 Å². The summed E-state index contributed by atoms with van der Waals surface area (Å²) >= 11 is 0. The molecule has 0 bridgehead atoms. The second-order valence-electron chi connectivity index (χ2n) is 3.11. The van der Waals surface area contributed by atoms with Crippen LogP contribution in [0.4, 0.5) is 0 Å². The molecule has 0 unspecified atom stereocenters. The molecular formula is C8H18N4O. The average Bonchev–Trinajstić information content (AvgIpc) is 2.02. The zero-order valence-corrected chi connectivity index (χ0v) is 7.99. The fourth-order valence-corrected chi connectivity index (χ4v) is 0.913. The molecular weight excluding hydrogens is 168 g/mol. The van der Waals surface area contributed by atoms with Gasteiger partial charge in [0, 0.05) is 12.5 Å². The molecule has 5 nitrogen and oxygen atoms in total. The maximum atomic E-state index is 10.6. The van der Waals surface area contributed by atoms with Gasteiger partial charge in [-0.1, -0.05) is 13.3 Å². The molecule has 13 heavy (non-hydrogen) atoms. The van der Waals surface area contributed by atoms with Gasteiger partial charge in [0.2, 0.25) is 5.91 Å². The predicted octanol–water partition coefficient (Wildman–Crippen LogP) is -0.448. The molecule has 0 saturated heterocycles. The Bertz CT molecular complexity index is 187. The molecule has 0 aliphatic heterocycles. The third-order valence-corrected chi connectivity index (χ3v) is 1.83. The van der Waals surface area contributed by atoms with Crippen LogP contribution in [0, 0.1) is 5.92 Å². The predicted molar refractivity (Wildman–Crippen MR) is 52.9 cm³/mol. The van der Waals surface area contributed by atoms with Gasteiger partial charge in [0.25, 0.3) is 0 Å². The van der Waals surface area contributed by atoms with Gasteiger partial charge in [-0.25, -0.2) is 0 Å². The average molecular weight is 186 g/mol. The Morgan fingerprint density at radius 3 is 2.38 bits per heavy atom. The Kier molecular flexibility index (Phi) is 5.67. The van der Waals surface area contributed by atoms with Crippen LogP contribution in [0.3, 0.4) is 0 Å². The van der Waals surface area contributed by atoms with Crippen LogP contribution in [-0.2, 0) is 4.79 Å². The first-order valence-corrected chi connectivity index (χ1v) is 4.38. The van der Waals surface area contributed by atoms with Crippen LogP contribution in [0.1, 0.15) is 26.2 Å². The molecule has 6 N–H and O–H groups in total. The summed E-state index contributed by atoms with van der Waals surface area (Å²) in [5.74, 6) is -0.191. The molecule has 0 aliphatic carbocycles. The Morgan fingerprint density at radius 2 is 1.92 bits per heavy atom. The third kappa shape index (κ3) is 7.11. The lowest BCUT2D eigenvalue weighted by Gasteiger charge is -2.04. The summed E-state index contributed by atoms with van der Waals surface area (Å²) in [6.45, 7) is 2.44. The normalized spacial score (nSPS) is 12.1. The fraction of sp³-hybridized carbons (Fsp3) is 0.750. The van der Waals surface area contributed by atoms with Gasteiger partial charge < -0.3 is 17.2 Å². The zero-order valence-electron chi connectivity index (χ0n) is 7.99. The SMILES string of the molecule is C[C@@H](CCCCN=C(N)N)C(N)=O. The van der Waals surface area contributed by atoms with Crippen molar-refractivity contribution < 1.29 is 4.79 Å². The molecule has 0 fully saturated rings. The van der Waals surface area contributed by atoms with Crippen LogP contribution < -0.4 is 17.2 Å². The molecule has 0 saturated carbocycles. The maximum Gasteiger partial charge on any atom is 0.220 e. The minimum Gasteiger partial charge on any atom is -0.370 e. The number of hydrogen-bond acceptors (Lipinski definition) is 2. The number of nitrogens with two attached hydrogens (primary N) is 3. The highest BCUT2D eigenvalue weighted by atomic mass is 16.1. The maximum absolute atomic E-state index is 10.6.